The van der Waals surface area contributed by atoms with Crippen molar-refractivity contribution in [1.29, 1.82) is 0 Å². The number of hydrogen-bond acceptors (Lipinski definition) is 31. The maximum absolute atomic E-state index is 14.0. The van der Waals surface area contributed by atoms with Crippen LogP contribution in [0.3, 0.4) is 0 Å². The molecule has 594 valence electrons. The highest BCUT2D eigenvalue weighted by molar-refractivity contribution is 9.10. The van der Waals surface area contributed by atoms with Crippen LogP contribution in [-0.2, 0) is 47.2 Å². The molecule has 5 aliphatic rings. The number of ether oxygens (including phenoxy) is 8. The van der Waals surface area contributed by atoms with Gasteiger partial charge in [0.2, 0.25) is 46.9 Å². The minimum atomic E-state index is -3.07. The fourth-order valence-electron chi connectivity index (χ4n) is 9.34. The standard InChI is InChI=1S/C21H32BF2N3O6.C16H20F2N8O2.C15H20BrF2N3O4.C11H16ClN5O2.2CH4/c1-18(2,3)30-16(28)27(17(29)31-19(4,5)6)15-25-11-12(13(26-15)14(23)24)22-32-20(7,8)21(9,10)33-22;17-12(18)11-10(9-20-14(19)21-11)13-22-15(25-1-5-27-6-2-25)24-16(23-13)26-3-7-28-8-4-26;1-14(2,3)24-12(22)21(13(23)25-15(4,5)6)11-19-7-8(16)9(20-11)10(17)18;12-9-13-10(16-1-5-18-6-2-16)15-11(14-9)17-3-7-19-8-4-17;;/h11,14H,1-10H3;9,12H,1-8H2,(H2,19,20,21);7,10H,1-6H3;1-8H2;2*1H4. The number of hydrogen-bond donors (Lipinski definition) is 1. The van der Waals surface area contributed by atoms with Gasteiger partial charge in [0.1, 0.15) is 39.5 Å². The van der Waals surface area contributed by atoms with Gasteiger partial charge in [-0.3, -0.25) is 0 Å². The Kier molecular flexibility index (Phi) is 31.7. The Morgan fingerprint density at radius 2 is 0.785 bits per heavy atom. The summed E-state index contributed by atoms with van der Waals surface area (Å²) in [5, 5.41) is 0.234. The summed E-state index contributed by atoms with van der Waals surface area (Å²) < 4.78 is 135. The van der Waals surface area contributed by atoms with E-state index in [1.165, 1.54) is 6.20 Å². The van der Waals surface area contributed by atoms with Crippen molar-refractivity contribution in [3.05, 3.63) is 45.4 Å². The van der Waals surface area contributed by atoms with Gasteiger partial charge in [0.25, 0.3) is 19.3 Å². The molecule has 0 saturated carbocycles. The summed E-state index contributed by atoms with van der Waals surface area (Å²) in [4.78, 5) is 108. The molecule has 0 aliphatic carbocycles. The second-order valence-electron chi connectivity index (χ2n) is 28.4. The Labute approximate surface area is 631 Å². The van der Waals surface area contributed by atoms with E-state index in [9.17, 15) is 45.5 Å². The number of halogens is 8. The van der Waals surface area contributed by atoms with Crippen LogP contribution in [0.4, 0.5) is 87.2 Å². The summed E-state index contributed by atoms with van der Waals surface area (Å²) in [6.07, 6.45) is -10.1. The fourth-order valence-corrected chi connectivity index (χ4v) is 9.85. The van der Waals surface area contributed by atoms with Crippen molar-refractivity contribution in [2.75, 3.05) is 140 Å². The van der Waals surface area contributed by atoms with Gasteiger partial charge >= 0.3 is 31.5 Å². The molecular formula is C65H96BBrClF6N19O14. The Bertz CT molecular complexity index is 3650. The molecule has 5 saturated heterocycles. The lowest BCUT2D eigenvalue weighted by Crippen LogP contribution is -2.45. The SMILES string of the molecule is C.C.CC(C)(C)OC(=O)N(C(=O)OC(C)(C)C)c1ncc(B2OC(C)(C)C(C)(C)O2)c(C(F)F)n1.CC(C)(C)OC(=O)N(C(=O)OC(C)(C)C)c1ncc(Br)c(C(F)F)n1.Clc1nc(N2CCOCC2)nc(N2CCOCC2)n1.Nc1ncc(-c2nc(N3CCOCC3)nc(N3CCOCC3)n2)c(C(F)F)n1. The van der Waals surface area contributed by atoms with Crippen LogP contribution < -0.4 is 40.6 Å². The predicted molar refractivity (Wildman–Crippen MR) is 388 cm³/mol. The molecule has 2 N–H and O–H groups in total. The van der Waals surface area contributed by atoms with Gasteiger partial charge in [-0.15, -0.1) is 9.80 Å². The van der Waals surface area contributed by atoms with Gasteiger partial charge in [-0.25, -0.2) is 75.4 Å². The Morgan fingerprint density at radius 3 is 1.10 bits per heavy atom. The summed E-state index contributed by atoms with van der Waals surface area (Å²) in [7, 11) is -1.16. The van der Waals surface area contributed by atoms with E-state index in [1.54, 1.807) is 111 Å². The van der Waals surface area contributed by atoms with Crippen molar-refractivity contribution in [3.8, 4) is 11.4 Å². The van der Waals surface area contributed by atoms with Crippen LogP contribution in [0.2, 0.25) is 5.28 Å². The third-order valence-electron chi connectivity index (χ3n) is 14.9. The molecule has 0 bridgehead atoms. The number of amides is 4. The zero-order valence-electron chi connectivity index (χ0n) is 61.2. The minimum Gasteiger partial charge on any atom is -0.443 e. The number of nitrogens with two attached hydrogens (primary N) is 1. The summed E-state index contributed by atoms with van der Waals surface area (Å²) in [6, 6.07) is 0. The lowest BCUT2D eigenvalue weighted by Gasteiger charge is -2.32. The van der Waals surface area contributed by atoms with Gasteiger partial charge in [-0.1, -0.05) is 14.9 Å². The highest BCUT2D eigenvalue weighted by Gasteiger charge is 2.53. The smallest absolute Gasteiger partial charge is 0.443 e. The van der Waals surface area contributed by atoms with Gasteiger partial charge in [0, 0.05) is 76.4 Å². The second kappa shape index (κ2) is 37.8. The average molecular weight is 1610 g/mol. The number of nitrogens with zero attached hydrogens (tertiary/aromatic N) is 18. The molecule has 5 fully saturated rings. The first-order valence-electron chi connectivity index (χ1n) is 33.1. The topological polar surface area (TPSA) is 361 Å². The number of anilines is 7. The molecule has 10 heterocycles. The fraction of sp³-hybridized carbons (Fsp3) is 0.662. The van der Waals surface area contributed by atoms with Gasteiger partial charge in [-0.05, 0) is 138 Å². The normalized spacial score (nSPS) is 16.7. The molecule has 0 aromatic carbocycles. The van der Waals surface area contributed by atoms with E-state index in [0.29, 0.717) is 113 Å². The molecular weight excluding hydrogens is 1510 g/mol. The summed E-state index contributed by atoms with van der Waals surface area (Å²) in [5.74, 6) is 0.757. The monoisotopic (exact) mass is 1610 g/mol. The number of alkyl halides is 6. The molecule has 33 nitrogen and oxygen atoms in total. The van der Waals surface area contributed by atoms with Gasteiger partial charge < -0.3 is 72.5 Å². The van der Waals surface area contributed by atoms with Crippen LogP contribution in [0.1, 0.15) is 162 Å². The molecule has 0 unspecified atom stereocenters. The van der Waals surface area contributed by atoms with Gasteiger partial charge in [-0.2, -0.15) is 29.9 Å². The molecule has 107 heavy (non-hydrogen) atoms. The number of aromatic nitrogens is 12. The molecule has 5 aliphatic heterocycles. The van der Waals surface area contributed by atoms with Gasteiger partial charge in [0.15, 0.2) is 5.82 Å². The lowest BCUT2D eigenvalue weighted by molar-refractivity contribution is 0.00578. The van der Waals surface area contributed by atoms with Crippen LogP contribution in [0, 0.1) is 0 Å². The number of rotatable bonds is 11. The number of nitrogen functional groups attached to an aromatic ring is 1. The summed E-state index contributed by atoms with van der Waals surface area (Å²) in [6.45, 7) is 36.6. The highest BCUT2D eigenvalue weighted by Crippen LogP contribution is 2.38. The number of carbonyl (C=O) groups is 4. The Hall–Kier alpha value is -8.09. The van der Waals surface area contributed by atoms with Crippen molar-refractivity contribution >= 4 is 106 Å². The Balaban J connectivity index is 0.000000258. The van der Waals surface area contributed by atoms with Crippen molar-refractivity contribution in [2.45, 2.75) is 179 Å². The largest absolute Gasteiger partial charge is 0.498 e. The van der Waals surface area contributed by atoms with E-state index < -0.39 is 113 Å². The number of imide groups is 2. The first kappa shape index (κ1) is 89.5. The van der Waals surface area contributed by atoms with Crippen LogP contribution in [0.25, 0.3) is 11.4 Å². The first-order valence-corrected chi connectivity index (χ1v) is 34.3. The van der Waals surface area contributed by atoms with Crippen molar-refractivity contribution in [3.63, 3.8) is 0 Å². The van der Waals surface area contributed by atoms with Crippen LogP contribution in [0.15, 0.2) is 23.1 Å². The van der Waals surface area contributed by atoms with Crippen LogP contribution in [-0.4, -0.2) is 230 Å². The van der Waals surface area contributed by atoms with Crippen LogP contribution >= 0.6 is 27.5 Å². The zero-order valence-corrected chi connectivity index (χ0v) is 63.6. The molecule has 5 aromatic heterocycles. The quantitative estimate of drug-likeness (QED) is 0.0729. The lowest BCUT2D eigenvalue weighted by atomic mass is 9.79. The summed E-state index contributed by atoms with van der Waals surface area (Å²) >= 11 is 8.91. The van der Waals surface area contributed by atoms with Gasteiger partial charge in [0.05, 0.1) is 74.1 Å². The molecule has 42 heteroatoms. The average Bonchev–Trinajstić information content (AvgIpc) is 1.65. The van der Waals surface area contributed by atoms with E-state index in [2.05, 4.69) is 85.5 Å². The van der Waals surface area contributed by atoms with E-state index in [4.69, 9.17) is 64.5 Å². The number of carbonyl (C=O) groups excluding carboxylic acids is 4. The van der Waals surface area contributed by atoms with E-state index >= 15 is 0 Å². The van der Waals surface area contributed by atoms with E-state index in [0.717, 1.165) is 38.6 Å². The molecule has 4 amide bonds. The predicted octanol–water partition coefficient (Wildman–Crippen LogP) is 11.2. The zero-order chi connectivity index (χ0) is 77.7. The van der Waals surface area contributed by atoms with E-state index in [-0.39, 0.29) is 47.4 Å². The maximum atomic E-state index is 14.0. The van der Waals surface area contributed by atoms with Crippen molar-refractivity contribution in [2.24, 2.45) is 0 Å². The highest BCUT2D eigenvalue weighted by atomic mass is 79.9. The van der Waals surface area contributed by atoms with Crippen molar-refractivity contribution < 1.29 is 92.7 Å². The molecule has 5 aromatic rings. The minimum absolute atomic E-state index is 0. The summed E-state index contributed by atoms with van der Waals surface area (Å²) in [5.41, 5.74) is -1.89. The van der Waals surface area contributed by atoms with Crippen LogP contribution in [0.5, 0.6) is 0 Å². The van der Waals surface area contributed by atoms with Crippen molar-refractivity contribution in [1.82, 2.24) is 59.8 Å². The number of morpholine rings is 4. The first-order chi connectivity index (χ1) is 48.9. The van der Waals surface area contributed by atoms with E-state index in [1.807, 2.05) is 9.80 Å². The molecule has 0 radical (unpaired) electrons. The second-order valence-corrected chi connectivity index (χ2v) is 29.6. The Morgan fingerprint density at radius 1 is 0.477 bits per heavy atom. The third kappa shape index (κ3) is 26.1. The molecule has 10 rings (SSSR count). The molecule has 0 spiro atoms. The maximum Gasteiger partial charge on any atom is 0.498 e. The molecule has 0 atom stereocenters. The third-order valence-corrected chi connectivity index (χ3v) is 15.7.